The van der Waals surface area contributed by atoms with E-state index in [0.29, 0.717) is 0 Å². The molecule has 112 valence electrons. The van der Waals surface area contributed by atoms with E-state index in [1.54, 1.807) is 7.11 Å². The minimum absolute atomic E-state index is 0.846. The minimum atomic E-state index is 0.846. The van der Waals surface area contributed by atoms with E-state index in [9.17, 15) is 0 Å². The average molecular weight is 295 g/mol. The Hall–Kier alpha value is -1.36. The molecule has 0 amide bonds. The maximum absolute atomic E-state index is 5.15. The molecule has 4 nitrogen and oxygen atoms in total. The molecule has 0 aliphatic carbocycles. The van der Waals surface area contributed by atoms with Crippen molar-refractivity contribution in [3.8, 4) is 5.75 Å². The molecule has 0 fully saturated rings. The smallest absolute Gasteiger partial charge is 0.191 e. The first-order valence-electron chi connectivity index (χ1n) is 6.94. The highest BCUT2D eigenvalue weighted by atomic mass is 32.2. The second-order valence-electron chi connectivity index (χ2n) is 4.28. The highest BCUT2D eigenvalue weighted by molar-refractivity contribution is 7.98. The molecule has 0 saturated heterocycles. The van der Waals surface area contributed by atoms with Gasteiger partial charge in [0.25, 0.3) is 0 Å². The van der Waals surface area contributed by atoms with Crippen molar-refractivity contribution < 1.29 is 4.74 Å². The normalized spacial score (nSPS) is 11.2. The summed E-state index contributed by atoms with van der Waals surface area (Å²) in [7, 11) is 1.68. The third-order valence-corrected chi connectivity index (χ3v) is 3.37. The second kappa shape index (κ2) is 10.4. The van der Waals surface area contributed by atoms with Crippen LogP contribution in [-0.2, 0) is 6.42 Å². The van der Waals surface area contributed by atoms with Gasteiger partial charge in [0.2, 0.25) is 0 Å². The standard InChI is InChI=1S/C15H25N3OS/c1-4-16-15(18-11-12-20-3)17-10-9-13-5-7-14(19-2)8-6-13/h5-8H,4,9-12H2,1-3H3,(H2,16,17,18). The van der Waals surface area contributed by atoms with Crippen molar-refractivity contribution in [2.75, 3.05) is 38.8 Å². The molecular weight excluding hydrogens is 270 g/mol. The summed E-state index contributed by atoms with van der Waals surface area (Å²) in [6.07, 6.45) is 3.07. The first-order valence-corrected chi connectivity index (χ1v) is 8.33. The molecule has 0 heterocycles. The van der Waals surface area contributed by atoms with Gasteiger partial charge in [0.05, 0.1) is 13.7 Å². The molecule has 2 N–H and O–H groups in total. The maximum atomic E-state index is 5.15. The third kappa shape index (κ3) is 6.70. The van der Waals surface area contributed by atoms with Crippen LogP contribution in [-0.4, -0.2) is 44.7 Å². The predicted molar refractivity (Wildman–Crippen MR) is 89.1 cm³/mol. The van der Waals surface area contributed by atoms with Gasteiger partial charge in [-0.3, -0.25) is 4.99 Å². The van der Waals surface area contributed by atoms with Gasteiger partial charge in [0.1, 0.15) is 5.75 Å². The number of hydrogen-bond donors (Lipinski definition) is 2. The molecule has 20 heavy (non-hydrogen) atoms. The van der Waals surface area contributed by atoms with Crippen molar-refractivity contribution in [1.82, 2.24) is 10.6 Å². The molecular formula is C15H25N3OS. The fourth-order valence-corrected chi connectivity index (χ4v) is 1.98. The molecule has 0 radical (unpaired) electrons. The Morgan fingerprint density at radius 2 is 2.00 bits per heavy atom. The van der Waals surface area contributed by atoms with Crippen molar-refractivity contribution in [3.63, 3.8) is 0 Å². The third-order valence-electron chi connectivity index (χ3n) is 2.77. The summed E-state index contributed by atoms with van der Waals surface area (Å²) in [5, 5.41) is 6.61. The lowest BCUT2D eigenvalue weighted by molar-refractivity contribution is 0.414. The monoisotopic (exact) mass is 295 g/mol. The topological polar surface area (TPSA) is 45.7 Å². The van der Waals surface area contributed by atoms with E-state index in [-0.39, 0.29) is 0 Å². The van der Waals surface area contributed by atoms with Crippen LogP contribution < -0.4 is 15.4 Å². The molecule has 0 aliphatic rings. The average Bonchev–Trinajstić information content (AvgIpc) is 2.48. The molecule has 5 heteroatoms. The van der Waals surface area contributed by atoms with Crippen molar-refractivity contribution in [1.29, 1.82) is 0 Å². The van der Waals surface area contributed by atoms with Crippen molar-refractivity contribution in [2.24, 2.45) is 4.99 Å². The van der Waals surface area contributed by atoms with Crippen LogP contribution in [0.5, 0.6) is 5.75 Å². The van der Waals surface area contributed by atoms with E-state index in [1.165, 1.54) is 5.56 Å². The van der Waals surface area contributed by atoms with Gasteiger partial charge in [-0.1, -0.05) is 12.1 Å². The first kappa shape index (κ1) is 16.7. The van der Waals surface area contributed by atoms with Crippen LogP contribution >= 0.6 is 11.8 Å². The predicted octanol–water partition coefficient (Wildman–Crippen LogP) is 2.16. The number of guanidine groups is 1. The summed E-state index contributed by atoms with van der Waals surface area (Å²) >= 11 is 1.81. The number of benzene rings is 1. The van der Waals surface area contributed by atoms with Crippen LogP contribution in [0, 0.1) is 0 Å². The van der Waals surface area contributed by atoms with Crippen molar-refractivity contribution in [3.05, 3.63) is 29.8 Å². The molecule has 1 aromatic rings. The summed E-state index contributed by atoms with van der Waals surface area (Å²) in [5.41, 5.74) is 1.29. The Kier molecular flexibility index (Phi) is 8.71. The molecule has 0 saturated carbocycles. The summed E-state index contributed by atoms with van der Waals surface area (Å²) in [5.74, 6) is 2.85. The zero-order valence-electron chi connectivity index (χ0n) is 12.6. The molecule has 0 atom stereocenters. The zero-order valence-corrected chi connectivity index (χ0v) is 13.4. The summed E-state index contributed by atoms with van der Waals surface area (Å²) in [6.45, 7) is 4.68. The maximum Gasteiger partial charge on any atom is 0.191 e. The number of hydrogen-bond acceptors (Lipinski definition) is 3. The highest BCUT2D eigenvalue weighted by Crippen LogP contribution is 2.11. The summed E-state index contributed by atoms with van der Waals surface area (Å²) < 4.78 is 5.15. The lowest BCUT2D eigenvalue weighted by atomic mass is 10.1. The van der Waals surface area contributed by atoms with Crippen LogP contribution in [0.25, 0.3) is 0 Å². The van der Waals surface area contributed by atoms with Gasteiger partial charge in [-0.05, 0) is 37.3 Å². The Bertz CT molecular complexity index is 393. The van der Waals surface area contributed by atoms with Gasteiger partial charge in [-0.25, -0.2) is 0 Å². The molecule has 0 unspecified atom stereocenters. The molecule has 1 aromatic carbocycles. The summed E-state index contributed by atoms with van der Waals surface area (Å²) in [4.78, 5) is 4.52. The van der Waals surface area contributed by atoms with Crippen LogP contribution in [0.2, 0.25) is 0 Å². The minimum Gasteiger partial charge on any atom is -0.497 e. The number of ether oxygens (including phenoxy) is 1. The fourth-order valence-electron chi connectivity index (χ4n) is 1.71. The van der Waals surface area contributed by atoms with E-state index >= 15 is 0 Å². The number of nitrogens with one attached hydrogen (secondary N) is 2. The van der Waals surface area contributed by atoms with Gasteiger partial charge in [-0.2, -0.15) is 11.8 Å². The van der Waals surface area contributed by atoms with Crippen LogP contribution in [0.15, 0.2) is 29.3 Å². The van der Waals surface area contributed by atoms with E-state index in [1.807, 2.05) is 23.9 Å². The van der Waals surface area contributed by atoms with E-state index in [0.717, 1.165) is 43.5 Å². The Morgan fingerprint density at radius 1 is 1.25 bits per heavy atom. The number of aliphatic imine (C=N–C) groups is 1. The van der Waals surface area contributed by atoms with E-state index in [2.05, 4.69) is 40.9 Å². The Labute approximate surface area is 126 Å². The highest BCUT2D eigenvalue weighted by Gasteiger charge is 1.98. The lowest BCUT2D eigenvalue weighted by Crippen LogP contribution is -2.38. The van der Waals surface area contributed by atoms with Gasteiger partial charge < -0.3 is 15.4 Å². The molecule has 0 spiro atoms. The molecule has 0 aliphatic heterocycles. The van der Waals surface area contributed by atoms with Crippen LogP contribution in [0.4, 0.5) is 0 Å². The van der Waals surface area contributed by atoms with E-state index < -0.39 is 0 Å². The largest absolute Gasteiger partial charge is 0.497 e. The Balaban J connectivity index is 2.36. The second-order valence-corrected chi connectivity index (χ2v) is 5.26. The van der Waals surface area contributed by atoms with E-state index in [4.69, 9.17) is 4.74 Å². The van der Waals surface area contributed by atoms with Gasteiger partial charge >= 0.3 is 0 Å². The summed E-state index contributed by atoms with van der Waals surface area (Å²) in [6, 6.07) is 8.18. The van der Waals surface area contributed by atoms with Crippen LogP contribution in [0.1, 0.15) is 12.5 Å². The molecule has 1 rings (SSSR count). The van der Waals surface area contributed by atoms with Crippen molar-refractivity contribution >= 4 is 17.7 Å². The number of thioether (sulfide) groups is 1. The lowest BCUT2D eigenvalue weighted by Gasteiger charge is -2.11. The SMILES string of the molecule is CCNC(=NCCSC)NCCc1ccc(OC)cc1. The van der Waals surface area contributed by atoms with Gasteiger partial charge in [0, 0.05) is 18.8 Å². The van der Waals surface area contributed by atoms with Crippen LogP contribution in [0.3, 0.4) is 0 Å². The number of methoxy groups -OCH3 is 1. The fraction of sp³-hybridized carbons (Fsp3) is 0.533. The van der Waals surface area contributed by atoms with Crippen molar-refractivity contribution in [2.45, 2.75) is 13.3 Å². The zero-order chi connectivity index (χ0) is 14.6. The Morgan fingerprint density at radius 3 is 2.60 bits per heavy atom. The number of nitrogens with zero attached hydrogens (tertiary/aromatic N) is 1. The molecule has 0 aromatic heterocycles. The quantitative estimate of drug-likeness (QED) is 0.438. The first-order chi connectivity index (χ1) is 9.80. The van der Waals surface area contributed by atoms with Gasteiger partial charge in [0.15, 0.2) is 5.96 Å². The molecule has 0 bridgehead atoms. The number of rotatable bonds is 8. The van der Waals surface area contributed by atoms with Gasteiger partial charge in [-0.15, -0.1) is 0 Å².